The summed E-state index contributed by atoms with van der Waals surface area (Å²) in [5.41, 5.74) is 1.56. The second kappa shape index (κ2) is 7.26. The minimum Gasteiger partial charge on any atom is -0.472 e. The number of carbonyl (C=O) groups is 1. The van der Waals surface area contributed by atoms with E-state index < -0.39 is 4.92 Å². The normalized spacial score (nSPS) is 16.3. The summed E-state index contributed by atoms with van der Waals surface area (Å²) in [5, 5.41) is 12.2. The van der Waals surface area contributed by atoms with Gasteiger partial charge in [-0.1, -0.05) is 24.3 Å². The highest BCUT2D eigenvalue weighted by Gasteiger charge is 2.30. The molecule has 3 aromatic rings. The van der Waals surface area contributed by atoms with Gasteiger partial charge in [0.2, 0.25) is 5.88 Å². The fourth-order valence-electron chi connectivity index (χ4n) is 3.52. The number of nitro groups is 1. The van der Waals surface area contributed by atoms with Gasteiger partial charge in [-0.15, -0.1) is 0 Å². The van der Waals surface area contributed by atoms with Crippen molar-refractivity contribution >= 4 is 22.5 Å². The minimum absolute atomic E-state index is 0.0433. The maximum absolute atomic E-state index is 12.8. The fourth-order valence-corrected chi connectivity index (χ4v) is 3.52. The van der Waals surface area contributed by atoms with E-state index in [0.717, 1.165) is 10.9 Å². The molecule has 7 heteroatoms. The van der Waals surface area contributed by atoms with E-state index in [1.54, 1.807) is 24.0 Å². The van der Waals surface area contributed by atoms with Crippen LogP contribution in [0, 0.1) is 17.0 Å². The first-order valence-electron chi connectivity index (χ1n) is 9.08. The fraction of sp³-hybridized carbons (Fsp3) is 0.238. The molecule has 0 saturated carbocycles. The van der Waals surface area contributed by atoms with Crippen LogP contribution in [0.25, 0.3) is 10.9 Å². The van der Waals surface area contributed by atoms with Crippen LogP contribution >= 0.6 is 0 Å². The lowest BCUT2D eigenvalue weighted by atomic mass is 10.1. The van der Waals surface area contributed by atoms with E-state index in [9.17, 15) is 14.9 Å². The predicted molar refractivity (Wildman–Crippen MR) is 105 cm³/mol. The molecule has 1 aliphatic rings. The van der Waals surface area contributed by atoms with Crippen LogP contribution < -0.4 is 4.74 Å². The van der Waals surface area contributed by atoms with Gasteiger partial charge < -0.3 is 9.64 Å². The Hall–Kier alpha value is -3.48. The van der Waals surface area contributed by atoms with Crippen molar-refractivity contribution in [2.24, 2.45) is 0 Å². The molecular formula is C21H19N3O4. The van der Waals surface area contributed by atoms with Crippen molar-refractivity contribution in [1.82, 2.24) is 9.88 Å². The van der Waals surface area contributed by atoms with Crippen molar-refractivity contribution in [2.75, 3.05) is 13.1 Å². The van der Waals surface area contributed by atoms with E-state index >= 15 is 0 Å². The molecule has 1 unspecified atom stereocenters. The molecule has 1 atom stereocenters. The number of pyridine rings is 1. The van der Waals surface area contributed by atoms with Gasteiger partial charge in [-0.25, -0.2) is 4.98 Å². The van der Waals surface area contributed by atoms with Crippen molar-refractivity contribution in [3.8, 4) is 5.88 Å². The molecule has 0 aliphatic carbocycles. The van der Waals surface area contributed by atoms with Crippen LogP contribution in [0.5, 0.6) is 5.88 Å². The van der Waals surface area contributed by atoms with Gasteiger partial charge in [-0.05, 0) is 25.1 Å². The lowest BCUT2D eigenvalue weighted by Crippen LogP contribution is -2.31. The number of carbonyl (C=O) groups excluding carboxylic acids is 1. The average Bonchev–Trinajstić information content (AvgIpc) is 3.16. The maximum atomic E-state index is 12.8. The Kier molecular flexibility index (Phi) is 4.65. The van der Waals surface area contributed by atoms with Crippen LogP contribution in [-0.4, -0.2) is 39.9 Å². The third-order valence-corrected chi connectivity index (χ3v) is 5.02. The molecule has 1 aliphatic heterocycles. The third-order valence-electron chi connectivity index (χ3n) is 5.02. The summed E-state index contributed by atoms with van der Waals surface area (Å²) in [6.45, 7) is 2.57. The Morgan fingerprint density at radius 3 is 2.82 bits per heavy atom. The second-order valence-electron chi connectivity index (χ2n) is 6.83. The average molecular weight is 377 g/mol. The van der Waals surface area contributed by atoms with Crippen LogP contribution in [0.3, 0.4) is 0 Å². The van der Waals surface area contributed by atoms with Crippen LogP contribution in [0.2, 0.25) is 0 Å². The third kappa shape index (κ3) is 3.38. The van der Waals surface area contributed by atoms with Crippen LogP contribution in [0.4, 0.5) is 5.69 Å². The molecule has 142 valence electrons. The van der Waals surface area contributed by atoms with Crippen LogP contribution in [-0.2, 0) is 0 Å². The molecular weight excluding hydrogens is 358 g/mol. The number of aromatic nitrogens is 1. The number of benzene rings is 2. The number of fused-ring (bicyclic) bond motifs is 1. The first kappa shape index (κ1) is 17.9. The summed E-state index contributed by atoms with van der Waals surface area (Å²) in [5.74, 6) is 0.322. The summed E-state index contributed by atoms with van der Waals surface area (Å²) in [6.07, 6.45) is 0.533. The number of hydrogen-bond acceptors (Lipinski definition) is 5. The van der Waals surface area contributed by atoms with Gasteiger partial charge in [-0.2, -0.15) is 0 Å². The van der Waals surface area contributed by atoms with E-state index in [-0.39, 0.29) is 17.7 Å². The molecule has 0 bridgehead atoms. The summed E-state index contributed by atoms with van der Waals surface area (Å²) < 4.78 is 5.98. The summed E-state index contributed by atoms with van der Waals surface area (Å²) in [6, 6.07) is 16.2. The lowest BCUT2D eigenvalue weighted by molar-refractivity contribution is -0.385. The van der Waals surface area contributed by atoms with E-state index in [2.05, 4.69) is 4.98 Å². The SMILES string of the molecule is Cc1c(C(=O)N2CCC(Oc3ccc4ccccc4n3)C2)cccc1[N+](=O)[O-]. The molecule has 1 amide bonds. The number of likely N-dealkylation sites (tertiary alicyclic amines) is 1. The van der Waals surface area contributed by atoms with Gasteiger partial charge >= 0.3 is 0 Å². The van der Waals surface area contributed by atoms with Gasteiger partial charge in [0, 0.05) is 41.6 Å². The lowest BCUT2D eigenvalue weighted by Gasteiger charge is -2.18. The highest BCUT2D eigenvalue weighted by Crippen LogP contribution is 2.25. The van der Waals surface area contributed by atoms with Crippen LogP contribution in [0.1, 0.15) is 22.3 Å². The van der Waals surface area contributed by atoms with Gasteiger partial charge in [-0.3, -0.25) is 14.9 Å². The molecule has 1 aromatic heterocycles. The molecule has 1 saturated heterocycles. The smallest absolute Gasteiger partial charge is 0.273 e. The molecule has 7 nitrogen and oxygen atoms in total. The van der Waals surface area contributed by atoms with Crippen molar-refractivity contribution in [2.45, 2.75) is 19.4 Å². The Labute approximate surface area is 161 Å². The molecule has 2 heterocycles. The molecule has 2 aromatic carbocycles. The highest BCUT2D eigenvalue weighted by atomic mass is 16.6. The largest absolute Gasteiger partial charge is 0.472 e. The molecule has 4 rings (SSSR count). The zero-order valence-corrected chi connectivity index (χ0v) is 15.4. The van der Waals surface area contributed by atoms with Gasteiger partial charge in [0.05, 0.1) is 17.0 Å². The van der Waals surface area contributed by atoms with Crippen LogP contribution in [0.15, 0.2) is 54.6 Å². The zero-order chi connectivity index (χ0) is 19.7. The molecule has 28 heavy (non-hydrogen) atoms. The monoisotopic (exact) mass is 377 g/mol. The van der Waals surface area contributed by atoms with Crippen molar-refractivity contribution in [1.29, 1.82) is 0 Å². The Balaban J connectivity index is 1.47. The van der Waals surface area contributed by atoms with E-state index in [1.807, 2.05) is 36.4 Å². The number of para-hydroxylation sites is 1. The topological polar surface area (TPSA) is 85.6 Å². The molecule has 0 spiro atoms. The first-order chi connectivity index (χ1) is 13.5. The van der Waals surface area contributed by atoms with E-state index in [1.165, 1.54) is 6.07 Å². The van der Waals surface area contributed by atoms with Crippen molar-refractivity contribution in [3.05, 3.63) is 75.8 Å². The van der Waals surface area contributed by atoms with E-state index in [4.69, 9.17) is 4.74 Å². The number of nitrogens with zero attached hydrogens (tertiary/aromatic N) is 3. The quantitative estimate of drug-likeness (QED) is 0.511. The first-order valence-corrected chi connectivity index (χ1v) is 9.08. The zero-order valence-electron chi connectivity index (χ0n) is 15.4. The molecule has 1 fully saturated rings. The number of rotatable bonds is 4. The standard InChI is InChI=1S/C21H19N3O4/c1-14-17(6-4-8-19(14)24(26)27)21(25)23-12-11-16(13-23)28-20-10-9-15-5-2-3-7-18(15)22-20/h2-10,16H,11-13H2,1H3. The number of hydrogen-bond donors (Lipinski definition) is 0. The van der Waals surface area contributed by atoms with Crippen molar-refractivity contribution < 1.29 is 14.5 Å². The highest BCUT2D eigenvalue weighted by molar-refractivity contribution is 5.96. The number of amides is 1. The number of ether oxygens (including phenoxy) is 1. The Morgan fingerprint density at radius 2 is 2.00 bits per heavy atom. The molecule has 0 N–H and O–H groups in total. The second-order valence-corrected chi connectivity index (χ2v) is 6.83. The predicted octanol–water partition coefficient (Wildman–Crippen LogP) is 3.74. The van der Waals surface area contributed by atoms with E-state index in [0.29, 0.717) is 36.5 Å². The summed E-state index contributed by atoms with van der Waals surface area (Å²) in [4.78, 5) is 29.7. The Bertz CT molecular complexity index is 1070. The van der Waals surface area contributed by atoms with Gasteiger partial charge in [0.1, 0.15) is 6.10 Å². The number of nitro benzene ring substituents is 1. The molecule has 0 radical (unpaired) electrons. The van der Waals surface area contributed by atoms with Gasteiger partial charge in [0.25, 0.3) is 11.6 Å². The maximum Gasteiger partial charge on any atom is 0.273 e. The van der Waals surface area contributed by atoms with Crippen molar-refractivity contribution in [3.63, 3.8) is 0 Å². The Morgan fingerprint density at radius 1 is 1.18 bits per heavy atom. The van der Waals surface area contributed by atoms with Gasteiger partial charge in [0.15, 0.2) is 0 Å². The summed E-state index contributed by atoms with van der Waals surface area (Å²) >= 11 is 0. The minimum atomic E-state index is -0.465. The summed E-state index contributed by atoms with van der Waals surface area (Å²) in [7, 11) is 0.